The molecule has 158 valence electrons. The lowest BCUT2D eigenvalue weighted by atomic mass is 9.89. The molecule has 0 saturated carbocycles. The van der Waals surface area contributed by atoms with Crippen LogP contribution in [0.25, 0.3) is 0 Å². The average molecular weight is 496 g/mol. The van der Waals surface area contributed by atoms with Crippen LogP contribution in [0.1, 0.15) is 17.9 Å². The smallest absolute Gasteiger partial charge is 0.243 e. The van der Waals surface area contributed by atoms with Gasteiger partial charge in [-0.3, -0.25) is 9.59 Å². The third kappa shape index (κ3) is 3.99. The Kier molecular flexibility index (Phi) is 5.65. The Labute approximate surface area is 182 Å². The van der Waals surface area contributed by atoms with Crippen molar-refractivity contribution in [1.29, 1.82) is 0 Å². The number of carbonyl (C=O) groups is 2. The predicted molar refractivity (Wildman–Crippen MR) is 112 cm³/mol. The van der Waals surface area contributed by atoms with Crippen LogP contribution in [0.3, 0.4) is 0 Å². The zero-order chi connectivity index (χ0) is 21.5. The van der Waals surface area contributed by atoms with E-state index in [1.807, 2.05) is 0 Å². The van der Waals surface area contributed by atoms with Crippen LogP contribution in [0.4, 0.5) is 10.1 Å². The van der Waals surface area contributed by atoms with Gasteiger partial charge in [0.25, 0.3) is 0 Å². The summed E-state index contributed by atoms with van der Waals surface area (Å²) < 4.78 is 41.3. The number of fused-ring (bicyclic) bond motifs is 1. The molecule has 10 heteroatoms. The quantitative estimate of drug-likeness (QED) is 0.708. The number of amides is 2. The van der Waals surface area contributed by atoms with E-state index in [0.717, 1.165) is 4.47 Å². The highest BCUT2D eigenvalue weighted by Crippen LogP contribution is 2.34. The second-order valence-electron chi connectivity index (χ2n) is 7.22. The molecular formula is C20H19BrFN3O4S. The minimum Gasteiger partial charge on any atom is -0.340 e. The zero-order valence-electron chi connectivity index (χ0n) is 15.8. The van der Waals surface area contributed by atoms with Crippen LogP contribution in [0.15, 0.2) is 51.8 Å². The first kappa shape index (κ1) is 21.0. The fourth-order valence-electron chi connectivity index (χ4n) is 3.78. The Hall–Kier alpha value is -2.30. The molecule has 30 heavy (non-hydrogen) atoms. The van der Waals surface area contributed by atoms with Crippen molar-refractivity contribution < 1.29 is 22.4 Å². The molecule has 2 aromatic rings. The molecule has 2 aromatic carbocycles. The van der Waals surface area contributed by atoms with Crippen molar-refractivity contribution in [3.8, 4) is 0 Å². The van der Waals surface area contributed by atoms with Crippen molar-refractivity contribution in [3.63, 3.8) is 0 Å². The van der Waals surface area contributed by atoms with Crippen molar-refractivity contribution in [2.24, 2.45) is 0 Å². The minimum atomic E-state index is -3.65. The Morgan fingerprint density at radius 2 is 1.73 bits per heavy atom. The van der Waals surface area contributed by atoms with Crippen molar-refractivity contribution in [3.05, 3.63) is 58.3 Å². The SMILES string of the molecule is O=C1CC(C(=O)N2CCN(S(=O)(=O)c3ccc(Br)cc3)CC2)c2ccc(F)cc2N1. The summed E-state index contributed by atoms with van der Waals surface area (Å²) in [7, 11) is -3.65. The lowest BCUT2D eigenvalue weighted by Gasteiger charge is -2.36. The normalized spacial score (nSPS) is 19.9. The molecule has 1 N–H and O–H groups in total. The highest BCUT2D eigenvalue weighted by Gasteiger charge is 2.36. The van der Waals surface area contributed by atoms with Crippen molar-refractivity contribution >= 4 is 43.5 Å². The molecule has 1 saturated heterocycles. The maximum absolute atomic E-state index is 13.5. The summed E-state index contributed by atoms with van der Waals surface area (Å²) in [5, 5.41) is 2.60. The first-order valence-corrected chi connectivity index (χ1v) is 11.6. The number of sulfonamides is 1. The van der Waals surface area contributed by atoms with Gasteiger partial charge in [-0.15, -0.1) is 0 Å². The van der Waals surface area contributed by atoms with Gasteiger partial charge in [-0.2, -0.15) is 4.31 Å². The number of piperazine rings is 1. The summed E-state index contributed by atoms with van der Waals surface area (Å²) in [5.41, 5.74) is 0.881. The topological polar surface area (TPSA) is 86.8 Å². The number of anilines is 1. The first-order chi connectivity index (χ1) is 14.3. The molecule has 0 bridgehead atoms. The van der Waals surface area contributed by atoms with Crippen LogP contribution in [0, 0.1) is 5.82 Å². The Morgan fingerprint density at radius 3 is 2.40 bits per heavy atom. The van der Waals surface area contributed by atoms with E-state index >= 15 is 0 Å². The monoisotopic (exact) mass is 495 g/mol. The van der Waals surface area contributed by atoms with E-state index in [0.29, 0.717) is 11.3 Å². The van der Waals surface area contributed by atoms with Gasteiger partial charge >= 0.3 is 0 Å². The van der Waals surface area contributed by atoms with Crippen LogP contribution >= 0.6 is 15.9 Å². The maximum Gasteiger partial charge on any atom is 0.243 e. The maximum atomic E-state index is 13.5. The van der Waals surface area contributed by atoms with E-state index < -0.39 is 21.8 Å². The molecule has 2 aliphatic heterocycles. The number of nitrogens with one attached hydrogen (secondary N) is 1. The lowest BCUT2D eigenvalue weighted by Crippen LogP contribution is -2.52. The summed E-state index contributed by atoms with van der Waals surface area (Å²) in [5.74, 6) is -1.79. The molecule has 0 aromatic heterocycles. The first-order valence-electron chi connectivity index (χ1n) is 9.39. The fraction of sp³-hybridized carbons (Fsp3) is 0.300. The summed E-state index contributed by atoms with van der Waals surface area (Å²) in [4.78, 5) is 26.9. The molecule has 4 rings (SSSR count). The minimum absolute atomic E-state index is 0.0190. The Bertz CT molecular complexity index is 1100. The van der Waals surface area contributed by atoms with E-state index in [2.05, 4.69) is 21.2 Å². The molecule has 2 heterocycles. The standard InChI is InChI=1S/C20H19BrFN3O4S/c21-13-1-4-15(5-2-13)30(28,29)25-9-7-24(8-10-25)20(27)17-12-19(26)23-18-11-14(22)3-6-16(17)18/h1-6,11,17H,7-10,12H2,(H,23,26). The number of nitrogens with zero attached hydrogens (tertiary/aromatic N) is 2. The number of benzene rings is 2. The van der Waals surface area contributed by atoms with Gasteiger partial charge in [0.1, 0.15) is 5.82 Å². The second kappa shape index (κ2) is 8.09. The molecule has 2 amide bonds. The van der Waals surface area contributed by atoms with Gasteiger partial charge in [0.2, 0.25) is 21.8 Å². The van der Waals surface area contributed by atoms with Crippen molar-refractivity contribution in [1.82, 2.24) is 9.21 Å². The molecule has 2 aliphatic rings. The molecule has 0 radical (unpaired) electrons. The molecule has 1 fully saturated rings. The highest BCUT2D eigenvalue weighted by molar-refractivity contribution is 9.10. The van der Waals surface area contributed by atoms with Gasteiger partial charge in [0.05, 0.1) is 10.8 Å². The van der Waals surface area contributed by atoms with Crippen LogP contribution in [0.5, 0.6) is 0 Å². The largest absolute Gasteiger partial charge is 0.340 e. The summed E-state index contributed by atoms with van der Waals surface area (Å²) >= 11 is 3.29. The molecule has 7 nitrogen and oxygen atoms in total. The molecular weight excluding hydrogens is 477 g/mol. The number of hydrogen-bond donors (Lipinski definition) is 1. The van der Waals surface area contributed by atoms with E-state index in [1.54, 1.807) is 17.0 Å². The van der Waals surface area contributed by atoms with E-state index in [4.69, 9.17) is 0 Å². The fourth-order valence-corrected chi connectivity index (χ4v) is 5.47. The average Bonchev–Trinajstić information content (AvgIpc) is 2.72. The van der Waals surface area contributed by atoms with Crippen molar-refractivity contribution in [2.45, 2.75) is 17.2 Å². The number of halogens is 2. The van der Waals surface area contributed by atoms with Crippen LogP contribution in [-0.2, 0) is 19.6 Å². The second-order valence-corrected chi connectivity index (χ2v) is 10.1. The number of carbonyl (C=O) groups excluding carboxylic acids is 2. The number of rotatable bonds is 3. The van der Waals surface area contributed by atoms with E-state index in [-0.39, 0.29) is 49.3 Å². The van der Waals surface area contributed by atoms with Gasteiger partial charge in [-0.25, -0.2) is 12.8 Å². The van der Waals surface area contributed by atoms with Gasteiger partial charge in [-0.1, -0.05) is 22.0 Å². The highest BCUT2D eigenvalue weighted by atomic mass is 79.9. The van der Waals surface area contributed by atoms with Crippen LogP contribution < -0.4 is 5.32 Å². The van der Waals surface area contributed by atoms with Crippen molar-refractivity contribution in [2.75, 3.05) is 31.5 Å². The van der Waals surface area contributed by atoms with Gasteiger partial charge in [0, 0.05) is 42.8 Å². The lowest BCUT2D eigenvalue weighted by molar-refractivity contribution is -0.136. The van der Waals surface area contributed by atoms with Gasteiger partial charge in [-0.05, 0) is 42.0 Å². The Morgan fingerprint density at radius 1 is 1.07 bits per heavy atom. The summed E-state index contributed by atoms with van der Waals surface area (Å²) in [6, 6.07) is 10.4. The summed E-state index contributed by atoms with van der Waals surface area (Å²) in [6.45, 7) is 0.783. The molecule has 1 atom stereocenters. The van der Waals surface area contributed by atoms with Gasteiger partial charge in [0.15, 0.2) is 0 Å². The molecule has 1 unspecified atom stereocenters. The van der Waals surface area contributed by atoms with E-state index in [9.17, 15) is 22.4 Å². The molecule has 0 spiro atoms. The van der Waals surface area contributed by atoms with E-state index in [1.165, 1.54) is 34.6 Å². The van der Waals surface area contributed by atoms with Crippen LogP contribution in [0.2, 0.25) is 0 Å². The number of hydrogen-bond acceptors (Lipinski definition) is 4. The predicted octanol–water partition coefficient (Wildman–Crippen LogP) is 2.55. The van der Waals surface area contributed by atoms with Crippen LogP contribution in [-0.4, -0.2) is 55.6 Å². The third-order valence-corrected chi connectivity index (χ3v) is 7.80. The Balaban J connectivity index is 1.48. The summed E-state index contributed by atoms with van der Waals surface area (Å²) in [6.07, 6.45) is -0.0190. The zero-order valence-corrected chi connectivity index (χ0v) is 18.2. The third-order valence-electron chi connectivity index (χ3n) is 5.35. The van der Waals surface area contributed by atoms with Gasteiger partial charge < -0.3 is 10.2 Å². The molecule has 0 aliphatic carbocycles.